The van der Waals surface area contributed by atoms with Crippen molar-refractivity contribution in [3.63, 3.8) is 0 Å². The molecule has 0 atom stereocenters. The number of hydrogen-bond acceptors (Lipinski definition) is 6. The summed E-state index contributed by atoms with van der Waals surface area (Å²) in [5.41, 5.74) is 1.85. The number of aryl methyl sites for hydroxylation is 1. The van der Waals surface area contributed by atoms with Crippen LogP contribution in [0.3, 0.4) is 0 Å². The summed E-state index contributed by atoms with van der Waals surface area (Å²) in [5, 5.41) is 3.88. The van der Waals surface area contributed by atoms with Crippen molar-refractivity contribution in [1.82, 2.24) is 14.4 Å². The molecule has 0 saturated carbocycles. The van der Waals surface area contributed by atoms with Crippen molar-refractivity contribution in [2.75, 3.05) is 14.2 Å². The van der Waals surface area contributed by atoms with Gasteiger partial charge < -0.3 is 9.26 Å². The van der Waals surface area contributed by atoms with Gasteiger partial charge in [0.05, 0.1) is 13.7 Å². The molecule has 0 unspecified atom stereocenters. The third-order valence-corrected chi connectivity index (χ3v) is 5.77. The second-order valence-corrected chi connectivity index (χ2v) is 7.95. The molecule has 1 aromatic heterocycles. The van der Waals surface area contributed by atoms with Gasteiger partial charge >= 0.3 is 0 Å². The highest BCUT2D eigenvalue weighted by molar-refractivity contribution is 7.89. The van der Waals surface area contributed by atoms with Crippen molar-refractivity contribution < 1.29 is 22.1 Å². The van der Waals surface area contributed by atoms with Crippen LogP contribution in [0.5, 0.6) is 5.75 Å². The van der Waals surface area contributed by atoms with Gasteiger partial charge in [-0.3, -0.25) is 0 Å². The predicted octanol–water partition coefficient (Wildman–Crippen LogP) is 3.01. The van der Waals surface area contributed by atoms with Crippen LogP contribution >= 0.6 is 0 Å². The SMILES string of the molecule is COc1ccc(F)cc1S(=O)(=O)N(C)Cc1nc(-c2ccc(C)cc2)no1. The van der Waals surface area contributed by atoms with E-state index >= 15 is 0 Å². The topological polar surface area (TPSA) is 85.5 Å². The average molecular weight is 391 g/mol. The molecular formula is C18H18FN3O4S. The van der Waals surface area contributed by atoms with Gasteiger partial charge in [-0.1, -0.05) is 35.0 Å². The van der Waals surface area contributed by atoms with Crippen molar-refractivity contribution in [2.24, 2.45) is 0 Å². The van der Waals surface area contributed by atoms with Gasteiger partial charge in [-0.2, -0.15) is 9.29 Å². The van der Waals surface area contributed by atoms with Gasteiger partial charge in [-0.25, -0.2) is 12.8 Å². The quantitative estimate of drug-likeness (QED) is 0.642. The molecule has 3 rings (SSSR count). The highest BCUT2D eigenvalue weighted by atomic mass is 32.2. The summed E-state index contributed by atoms with van der Waals surface area (Å²) in [7, 11) is -1.36. The summed E-state index contributed by atoms with van der Waals surface area (Å²) < 4.78 is 50.3. The van der Waals surface area contributed by atoms with Crippen molar-refractivity contribution in [2.45, 2.75) is 18.4 Å². The van der Waals surface area contributed by atoms with Crippen molar-refractivity contribution in [3.05, 3.63) is 59.7 Å². The molecule has 0 spiro atoms. The summed E-state index contributed by atoms with van der Waals surface area (Å²) in [6.07, 6.45) is 0. The van der Waals surface area contributed by atoms with Crippen molar-refractivity contribution in [1.29, 1.82) is 0 Å². The van der Waals surface area contributed by atoms with Gasteiger partial charge in [0.15, 0.2) is 0 Å². The molecule has 142 valence electrons. The summed E-state index contributed by atoms with van der Waals surface area (Å²) in [6, 6.07) is 10.8. The first-order chi connectivity index (χ1) is 12.8. The van der Waals surface area contributed by atoms with Crippen LogP contribution in [0.25, 0.3) is 11.4 Å². The Morgan fingerprint density at radius 3 is 2.56 bits per heavy atom. The van der Waals surface area contributed by atoms with Gasteiger partial charge in [-0.05, 0) is 25.1 Å². The number of halogens is 1. The minimum Gasteiger partial charge on any atom is -0.495 e. The molecule has 2 aromatic carbocycles. The minimum absolute atomic E-state index is 0.0501. The maximum atomic E-state index is 13.5. The Hall–Kier alpha value is -2.78. The van der Waals surface area contributed by atoms with Gasteiger partial charge in [-0.15, -0.1) is 0 Å². The number of methoxy groups -OCH3 is 1. The Balaban J connectivity index is 1.84. The van der Waals surface area contributed by atoms with E-state index < -0.39 is 15.8 Å². The third-order valence-electron chi connectivity index (χ3n) is 3.95. The molecule has 0 aliphatic heterocycles. The summed E-state index contributed by atoms with van der Waals surface area (Å²) >= 11 is 0. The summed E-state index contributed by atoms with van der Waals surface area (Å²) in [6.45, 7) is 1.80. The number of hydrogen-bond donors (Lipinski definition) is 0. The normalized spacial score (nSPS) is 11.7. The van der Waals surface area contributed by atoms with E-state index in [4.69, 9.17) is 9.26 Å². The van der Waals surface area contributed by atoms with E-state index in [1.807, 2.05) is 31.2 Å². The average Bonchev–Trinajstić information content (AvgIpc) is 3.10. The molecule has 0 aliphatic rings. The molecule has 0 aliphatic carbocycles. The monoisotopic (exact) mass is 391 g/mol. The molecule has 0 amide bonds. The molecule has 9 heteroatoms. The zero-order valence-electron chi connectivity index (χ0n) is 15.0. The van der Waals surface area contributed by atoms with Crippen molar-refractivity contribution >= 4 is 10.0 Å². The first-order valence-electron chi connectivity index (χ1n) is 8.01. The fourth-order valence-electron chi connectivity index (χ4n) is 2.43. The first-order valence-corrected chi connectivity index (χ1v) is 9.45. The lowest BCUT2D eigenvalue weighted by Gasteiger charge is -2.17. The summed E-state index contributed by atoms with van der Waals surface area (Å²) in [4.78, 5) is 3.96. The number of nitrogens with zero attached hydrogens (tertiary/aromatic N) is 3. The molecule has 0 N–H and O–H groups in total. The lowest BCUT2D eigenvalue weighted by atomic mass is 10.1. The van der Waals surface area contributed by atoms with Gasteiger partial charge in [0.2, 0.25) is 21.7 Å². The Bertz CT molecular complexity index is 1050. The Morgan fingerprint density at radius 2 is 1.89 bits per heavy atom. The maximum Gasteiger partial charge on any atom is 0.247 e. The van der Waals surface area contributed by atoms with Crippen LogP contribution in [0.2, 0.25) is 0 Å². The largest absolute Gasteiger partial charge is 0.495 e. The Kier molecular flexibility index (Phi) is 5.24. The molecule has 1 heterocycles. The summed E-state index contributed by atoms with van der Waals surface area (Å²) in [5.74, 6) is -0.150. The lowest BCUT2D eigenvalue weighted by Crippen LogP contribution is -2.27. The van der Waals surface area contributed by atoms with Crippen molar-refractivity contribution in [3.8, 4) is 17.1 Å². The van der Waals surface area contributed by atoms with Gasteiger partial charge in [0.25, 0.3) is 0 Å². The molecule has 3 aromatic rings. The van der Waals surface area contributed by atoms with E-state index in [0.29, 0.717) is 5.82 Å². The second kappa shape index (κ2) is 7.45. The molecule has 0 fully saturated rings. The number of aromatic nitrogens is 2. The molecule has 0 bridgehead atoms. The zero-order chi connectivity index (χ0) is 19.6. The standard InChI is InChI=1S/C18H18FN3O4S/c1-12-4-6-13(7-5-12)18-20-17(26-21-18)11-22(2)27(23,24)16-10-14(19)8-9-15(16)25-3/h4-10H,11H2,1-3H3. The fraction of sp³-hybridized carbons (Fsp3) is 0.222. The number of ether oxygens (including phenoxy) is 1. The van der Waals surface area contributed by atoms with Crippen LogP contribution in [0, 0.1) is 12.7 Å². The highest BCUT2D eigenvalue weighted by Crippen LogP contribution is 2.27. The highest BCUT2D eigenvalue weighted by Gasteiger charge is 2.27. The number of benzene rings is 2. The first kappa shape index (κ1) is 19.0. The van der Waals surface area contributed by atoms with Crippen LogP contribution in [0.15, 0.2) is 51.9 Å². The number of sulfonamides is 1. The van der Waals surface area contributed by atoms with Crippen LogP contribution in [-0.2, 0) is 16.6 Å². The van der Waals surface area contributed by atoms with Gasteiger partial charge in [0.1, 0.15) is 16.5 Å². The predicted molar refractivity (Wildman–Crippen MR) is 96.1 cm³/mol. The van der Waals surface area contributed by atoms with Crippen LogP contribution < -0.4 is 4.74 Å². The minimum atomic E-state index is -4.02. The van der Waals surface area contributed by atoms with E-state index in [-0.39, 0.29) is 23.1 Å². The van der Waals surface area contributed by atoms with E-state index in [1.54, 1.807) is 0 Å². The second-order valence-electron chi connectivity index (χ2n) is 5.93. The molecule has 27 heavy (non-hydrogen) atoms. The fourth-order valence-corrected chi connectivity index (χ4v) is 3.72. The Morgan fingerprint density at radius 1 is 1.19 bits per heavy atom. The maximum absolute atomic E-state index is 13.5. The molecule has 0 saturated heterocycles. The molecule has 0 radical (unpaired) electrons. The van der Waals surface area contributed by atoms with Crippen LogP contribution in [0.4, 0.5) is 4.39 Å². The van der Waals surface area contributed by atoms with E-state index in [1.165, 1.54) is 20.2 Å². The number of rotatable bonds is 6. The molecule has 7 nitrogen and oxygen atoms in total. The lowest BCUT2D eigenvalue weighted by molar-refractivity contribution is 0.335. The zero-order valence-corrected chi connectivity index (χ0v) is 15.8. The smallest absolute Gasteiger partial charge is 0.247 e. The van der Waals surface area contributed by atoms with E-state index in [2.05, 4.69) is 10.1 Å². The van der Waals surface area contributed by atoms with Crippen LogP contribution in [0.1, 0.15) is 11.5 Å². The van der Waals surface area contributed by atoms with E-state index in [0.717, 1.165) is 27.6 Å². The van der Waals surface area contributed by atoms with Gasteiger partial charge in [0, 0.05) is 12.6 Å². The Labute approximate surface area is 156 Å². The third kappa shape index (κ3) is 3.99. The van der Waals surface area contributed by atoms with E-state index in [9.17, 15) is 12.8 Å². The van der Waals surface area contributed by atoms with Crippen LogP contribution in [-0.4, -0.2) is 37.0 Å². The molecular weight excluding hydrogens is 373 g/mol.